The molecule has 1 aliphatic heterocycles. The number of aromatic amines is 1. The minimum atomic E-state index is -0.979. The van der Waals surface area contributed by atoms with Crippen LogP contribution in [0.1, 0.15) is 25.1 Å². The maximum atomic E-state index is 11.8. The van der Waals surface area contributed by atoms with Crippen LogP contribution in [0.3, 0.4) is 0 Å². The van der Waals surface area contributed by atoms with Crippen molar-refractivity contribution in [3.05, 3.63) is 32.6 Å². The highest BCUT2D eigenvalue weighted by Gasteiger charge is 2.41. The van der Waals surface area contributed by atoms with Crippen LogP contribution in [0.25, 0.3) is 0 Å². The van der Waals surface area contributed by atoms with E-state index in [0.717, 1.165) is 0 Å². The Hall–Kier alpha value is -1.93. The molecule has 3 N–H and O–H groups in total. The van der Waals surface area contributed by atoms with Crippen LogP contribution in [-0.4, -0.2) is 38.4 Å². The molecule has 21 heavy (non-hydrogen) atoms. The molecular formula is C13H18N2O6. The number of H-pyrrole nitrogens is 1. The fourth-order valence-electron chi connectivity index (χ4n) is 2.61. The summed E-state index contributed by atoms with van der Waals surface area (Å²) in [5.74, 6) is -2.09. The first-order chi connectivity index (χ1) is 9.85. The van der Waals surface area contributed by atoms with E-state index >= 15 is 0 Å². The Kier molecular flexibility index (Phi) is 4.29. The minimum Gasteiger partial charge on any atom is -0.481 e. The zero-order valence-corrected chi connectivity index (χ0v) is 11.8. The smallest absolute Gasteiger partial charge is 0.330 e. The van der Waals surface area contributed by atoms with Gasteiger partial charge in [-0.2, -0.15) is 0 Å². The lowest BCUT2D eigenvalue weighted by molar-refractivity contribution is -0.144. The summed E-state index contributed by atoms with van der Waals surface area (Å²) < 4.78 is 6.81. The van der Waals surface area contributed by atoms with Gasteiger partial charge in [-0.05, 0) is 13.3 Å². The largest absolute Gasteiger partial charge is 0.481 e. The van der Waals surface area contributed by atoms with Gasteiger partial charge < -0.3 is 14.9 Å². The summed E-state index contributed by atoms with van der Waals surface area (Å²) in [5.41, 5.74) is -0.729. The summed E-state index contributed by atoms with van der Waals surface area (Å²) in [5, 5.41) is 18.4. The Balaban J connectivity index is 2.32. The lowest BCUT2D eigenvalue weighted by Gasteiger charge is -2.19. The molecule has 1 fully saturated rings. The first-order valence-electron chi connectivity index (χ1n) is 6.66. The van der Waals surface area contributed by atoms with E-state index in [-0.39, 0.29) is 13.0 Å². The number of aliphatic hydroxyl groups excluding tert-OH is 1. The van der Waals surface area contributed by atoms with Crippen molar-refractivity contribution in [2.45, 2.75) is 32.6 Å². The second-order valence-corrected chi connectivity index (χ2v) is 5.32. The van der Waals surface area contributed by atoms with Gasteiger partial charge in [-0.15, -0.1) is 0 Å². The average molecular weight is 298 g/mol. The van der Waals surface area contributed by atoms with E-state index in [9.17, 15) is 19.5 Å². The summed E-state index contributed by atoms with van der Waals surface area (Å²) in [4.78, 5) is 36.5. The topological polar surface area (TPSA) is 122 Å². The number of nitrogens with zero attached hydrogens (tertiary/aromatic N) is 1. The molecule has 2 rings (SSSR count). The van der Waals surface area contributed by atoms with Gasteiger partial charge in [0, 0.05) is 17.7 Å². The molecule has 4 atom stereocenters. The molecule has 0 spiro atoms. The van der Waals surface area contributed by atoms with Gasteiger partial charge in [-0.3, -0.25) is 19.1 Å². The van der Waals surface area contributed by atoms with E-state index in [1.54, 1.807) is 13.8 Å². The molecule has 1 aromatic heterocycles. The normalized spacial score (nSPS) is 26.7. The van der Waals surface area contributed by atoms with Gasteiger partial charge in [0.05, 0.1) is 18.6 Å². The molecule has 8 nitrogen and oxygen atoms in total. The third kappa shape index (κ3) is 2.91. The van der Waals surface area contributed by atoms with Crippen molar-refractivity contribution in [2.75, 3.05) is 6.61 Å². The number of nitrogens with one attached hydrogen (secondary N) is 1. The monoisotopic (exact) mass is 298 g/mol. The highest BCUT2D eigenvalue weighted by Crippen LogP contribution is 2.37. The minimum absolute atomic E-state index is 0.282. The van der Waals surface area contributed by atoms with Gasteiger partial charge in [0.25, 0.3) is 5.56 Å². The molecule has 1 aromatic rings. The van der Waals surface area contributed by atoms with E-state index in [1.165, 1.54) is 10.8 Å². The fourth-order valence-corrected chi connectivity index (χ4v) is 2.61. The highest BCUT2D eigenvalue weighted by atomic mass is 16.5. The SMILES string of the molecule is Cc1cn([C@H]2CC(C(C)C(=O)O)[C@@H](CO)O2)c(=O)[nH]c1=O. The first-order valence-corrected chi connectivity index (χ1v) is 6.66. The highest BCUT2D eigenvalue weighted by molar-refractivity contribution is 5.70. The number of aryl methyl sites for hydroxylation is 1. The summed E-state index contributed by atoms with van der Waals surface area (Å²) in [6.07, 6.45) is 0.315. The van der Waals surface area contributed by atoms with Crippen molar-refractivity contribution in [2.24, 2.45) is 11.8 Å². The molecule has 1 saturated heterocycles. The Labute approximate surface area is 120 Å². The number of hydrogen-bond donors (Lipinski definition) is 3. The summed E-state index contributed by atoms with van der Waals surface area (Å²) in [6, 6.07) is 0. The second-order valence-electron chi connectivity index (χ2n) is 5.32. The third-order valence-corrected chi connectivity index (χ3v) is 3.95. The van der Waals surface area contributed by atoms with Gasteiger partial charge in [0.15, 0.2) is 0 Å². The Bertz CT molecular complexity index is 649. The van der Waals surface area contributed by atoms with Crippen LogP contribution in [0.2, 0.25) is 0 Å². The van der Waals surface area contributed by atoms with E-state index in [2.05, 4.69) is 4.98 Å². The molecule has 0 bridgehead atoms. The standard InChI is InChI=1S/C13H18N2O6/c1-6-4-15(13(20)14-11(6)17)10-3-8(7(2)12(18)19)9(5-16)21-10/h4,7-10,16H,3,5H2,1-2H3,(H,18,19)(H,14,17,20)/t7?,8?,9-,10-/m1/s1. The van der Waals surface area contributed by atoms with Crippen LogP contribution >= 0.6 is 0 Å². The third-order valence-electron chi connectivity index (χ3n) is 3.95. The molecular weight excluding hydrogens is 280 g/mol. The van der Waals surface area contributed by atoms with Crippen molar-refractivity contribution < 1.29 is 19.7 Å². The van der Waals surface area contributed by atoms with Crippen molar-refractivity contribution in [1.82, 2.24) is 9.55 Å². The van der Waals surface area contributed by atoms with Crippen molar-refractivity contribution in [3.63, 3.8) is 0 Å². The maximum Gasteiger partial charge on any atom is 0.330 e. The van der Waals surface area contributed by atoms with Gasteiger partial charge in [0.1, 0.15) is 6.23 Å². The number of aliphatic hydroxyl groups is 1. The first kappa shape index (κ1) is 15.5. The zero-order chi connectivity index (χ0) is 15.7. The maximum absolute atomic E-state index is 11.8. The Morgan fingerprint density at radius 2 is 2.24 bits per heavy atom. The van der Waals surface area contributed by atoms with Crippen molar-refractivity contribution in [3.8, 4) is 0 Å². The second kappa shape index (κ2) is 5.82. The molecule has 0 aromatic carbocycles. The molecule has 0 aliphatic carbocycles. The van der Waals surface area contributed by atoms with Crippen LogP contribution in [0.5, 0.6) is 0 Å². The number of carboxylic acids is 1. The van der Waals surface area contributed by atoms with E-state index in [0.29, 0.717) is 5.56 Å². The number of aliphatic carboxylic acids is 1. The molecule has 0 radical (unpaired) electrons. The lowest BCUT2D eigenvalue weighted by Crippen LogP contribution is -2.33. The van der Waals surface area contributed by atoms with E-state index < -0.39 is 41.4 Å². The molecule has 8 heteroatoms. The average Bonchev–Trinajstić information content (AvgIpc) is 2.85. The van der Waals surface area contributed by atoms with Crippen molar-refractivity contribution >= 4 is 5.97 Å². The molecule has 2 heterocycles. The van der Waals surface area contributed by atoms with Gasteiger partial charge >= 0.3 is 11.7 Å². The Morgan fingerprint density at radius 1 is 1.57 bits per heavy atom. The molecule has 2 unspecified atom stereocenters. The number of ether oxygens (including phenoxy) is 1. The van der Waals surface area contributed by atoms with Crippen LogP contribution in [-0.2, 0) is 9.53 Å². The summed E-state index contributed by atoms with van der Waals surface area (Å²) >= 11 is 0. The number of carbonyl (C=O) groups is 1. The fraction of sp³-hybridized carbons (Fsp3) is 0.615. The number of aromatic nitrogens is 2. The predicted molar refractivity (Wildman–Crippen MR) is 72.0 cm³/mol. The molecule has 116 valence electrons. The summed E-state index contributed by atoms with van der Waals surface area (Å²) in [7, 11) is 0. The number of hydrogen-bond acceptors (Lipinski definition) is 5. The predicted octanol–water partition coefficient (Wildman–Crippen LogP) is -0.538. The van der Waals surface area contributed by atoms with Crippen molar-refractivity contribution in [1.29, 1.82) is 0 Å². The van der Waals surface area contributed by atoms with E-state index in [4.69, 9.17) is 9.84 Å². The van der Waals surface area contributed by atoms with Gasteiger partial charge in [-0.1, -0.05) is 6.92 Å². The van der Waals surface area contributed by atoms with Crippen LogP contribution in [0.15, 0.2) is 15.8 Å². The zero-order valence-electron chi connectivity index (χ0n) is 11.8. The van der Waals surface area contributed by atoms with E-state index in [1.807, 2.05) is 0 Å². The number of carboxylic acid groups (broad SMARTS) is 1. The number of rotatable bonds is 4. The van der Waals surface area contributed by atoms with Crippen LogP contribution in [0, 0.1) is 18.8 Å². The van der Waals surface area contributed by atoms with Gasteiger partial charge in [0.2, 0.25) is 0 Å². The molecule has 0 amide bonds. The van der Waals surface area contributed by atoms with Crippen LogP contribution < -0.4 is 11.2 Å². The molecule has 1 aliphatic rings. The van der Waals surface area contributed by atoms with Crippen LogP contribution in [0.4, 0.5) is 0 Å². The lowest BCUT2D eigenvalue weighted by atomic mass is 9.88. The quantitative estimate of drug-likeness (QED) is 0.686. The summed E-state index contributed by atoms with van der Waals surface area (Å²) in [6.45, 7) is 2.78. The molecule has 0 saturated carbocycles. The van der Waals surface area contributed by atoms with Gasteiger partial charge in [-0.25, -0.2) is 4.79 Å². The Morgan fingerprint density at radius 3 is 2.81 bits per heavy atom.